The molecule has 0 atom stereocenters. The molecule has 1 aliphatic rings. The number of hydrogen-bond acceptors (Lipinski definition) is 6. The average molecular weight is 424 g/mol. The van der Waals surface area contributed by atoms with Crippen molar-refractivity contribution in [3.8, 4) is 11.3 Å². The number of hydrogen-bond donors (Lipinski definition) is 0. The summed E-state index contributed by atoms with van der Waals surface area (Å²) < 4.78 is 19.5. The predicted octanol–water partition coefficient (Wildman–Crippen LogP) is 5.23. The van der Waals surface area contributed by atoms with E-state index < -0.39 is 21.9 Å². The molecule has 7 nitrogen and oxygen atoms in total. The molecule has 1 saturated heterocycles. The standard InChI is InChI=1S/C21H13FN2O5S/c22-17-4-2-1-3-14(17)12-23-20(25)19(30-21(23)26)11-16-9-10-18(29-16)13-5-7-15(8-6-13)24(27)28/h1-11H,12H2/b19-11-. The number of amides is 2. The highest BCUT2D eigenvalue weighted by atomic mass is 32.2. The van der Waals surface area contributed by atoms with Crippen LogP contribution in [-0.4, -0.2) is 21.0 Å². The van der Waals surface area contributed by atoms with Gasteiger partial charge >= 0.3 is 0 Å². The van der Waals surface area contributed by atoms with E-state index >= 15 is 0 Å². The topological polar surface area (TPSA) is 93.7 Å². The first-order valence-corrected chi connectivity index (χ1v) is 9.57. The van der Waals surface area contributed by atoms with Crippen LogP contribution in [0.15, 0.2) is 70.0 Å². The Hall–Kier alpha value is -3.72. The van der Waals surface area contributed by atoms with Crippen molar-refractivity contribution < 1.29 is 23.3 Å². The number of benzene rings is 2. The van der Waals surface area contributed by atoms with Gasteiger partial charge in [0.1, 0.15) is 17.3 Å². The largest absolute Gasteiger partial charge is 0.457 e. The van der Waals surface area contributed by atoms with Gasteiger partial charge in [0.25, 0.3) is 16.8 Å². The fourth-order valence-electron chi connectivity index (χ4n) is 2.90. The lowest BCUT2D eigenvalue weighted by atomic mass is 10.1. The molecule has 1 aliphatic heterocycles. The lowest BCUT2D eigenvalue weighted by molar-refractivity contribution is -0.384. The molecular weight excluding hydrogens is 411 g/mol. The van der Waals surface area contributed by atoms with Crippen LogP contribution >= 0.6 is 11.8 Å². The van der Waals surface area contributed by atoms with Gasteiger partial charge in [0.05, 0.1) is 16.4 Å². The number of thioether (sulfide) groups is 1. The molecule has 2 aromatic carbocycles. The van der Waals surface area contributed by atoms with Gasteiger partial charge in [-0.15, -0.1) is 0 Å². The molecule has 0 saturated carbocycles. The van der Waals surface area contributed by atoms with E-state index in [1.807, 2.05) is 0 Å². The Balaban J connectivity index is 1.53. The zero-order chi connectivity index (χ0) is 21.3. The van der Waals surface area contributed by atoms with Crippen LogP contribution in [-0.2, 0) is 11.3 Å². The second-order valence-electron chi connectivity index (χ2n) is 6.37. The molecule has 9 heteroatoms. The van der Waals surface area contributed by atoms with Crippen molar-refractivity contribution in [1.29, 1.82) is 0 Å². The molecule has 0 radical (unpaired) electrons. The number of furan rings is 1. The number of nitro benzene ring substituents is 1. The van der Waals surface area contributed by atoms with Gasteiger partial charge in [0.2, 0.25) is 0 Å². The van der Waals surface area contributed by atoms with Crippen molar-refractivity contribution in [1.82, 2.24) is 4.90 Å². The minimum atomic E-state index is -0.526. The zero-order valence-electron chi connectivity index (χ0n) is 15.3. The Morgan fingerprint density at radius 1 is 1.07 bits per heavy atom. The van der Waals surface area contributed by atoms with Crippen molar-refractivity contribution >= 4 is 34.7 Å². The number of carbonyl (C=O) groups is 2. The van der Waals surface area contributed by atoms with E-state index in [1.165, 1.54) is 36.4 Å². The lowest BCUT2D eigenvalue weighted by Gasteiger charge is -2.12. The number of nitrogens with zero attached hydrogens (tertiary/aromatic N) is 2. The maximum absolute atomic E-state index is 13.9. The average Bonchev–Trinajstić information content (AvgIpc) is 3.30. The first-order chi connectivity index (χ1) is 14.4. The molecule has 0 N–H and O–H groups in total. The fraction of sp³-hybridized carbons (Fsp3) is 0.0476. The number of rotatable bonds is 5. The van der Waals surface area contributed by atoms with Crippen LogP contribution in [0.3, 0.4) is 0 Å². The van der Waals surface area contributed by atoms with Crippen LogP contribution in [0.5, 0.6) is 0 Å². The Kier molecular flexibility index (Phi) is 5.20. The van der Waals surface area contributed by atoms with Crippen molar-refractivity contribution in [2.45, 2.75) is 6.54 Å². The van der Waals surface area contributed by atoms with Gasteiger partial charge in [-0.1, -0.05) is 18.2 Å². The Morgan fingerprint density at radius 3 is 2.50 bits per heavy atom. The summed E-state index contributed by atoms with van der Waals surface area (Å²) in [6.07, 6.45) is 1.45. The van der Waals surface area contributed by atoms with Crippen LogP contribution < -0.4 is 0 Å². The summed E-state index contributed by atoms with van der Waals surface area (Å²) in [6, 6.07) is 15.1. The van der Waals surface area contributed by atoms with Gasteiger partial charge in [0, 0.05) is 29.3 Å². The highest BCUT2D eigenvalue weighted by Crippen LogP contribution is 2.34. The molecule has 0 bridgehead atoms. The van der Waals surface area contributed by atoms with Crippen molar-refractivity contribution in [3.63, 3.8) is 0 Å². The SMILES string of the molecule is O=C1S/C(=C\c2ccc(-c3ccc([N+](=O)[O-])cc3)o2)C(=O)N1Cc1ccccc1F. The summed E-state index contributed by atoms with van der Waals surface area (Å²) in [5.41, 5.74) is 0.849. The number of imide groups is 1. The third-order valence-corrected chi connectivity index (χ3v) is 5.33. The second kappa shape index (κ2) is 7.96. The van der Waals surface area contributed by atoms with Gasteiger partial charge in [-0.2, -0.15) is 0 Å². The second-order valence-corrected chi connectivity index (χ2v) is 7.36. The zero-order valence-corrected chi connectivity index (χ0v) is 16.1. The van der Waals surface area contributed by atoms with E-state index in [2.05, 4.69) is 0 Å². The van der Waals surface area contributed by atoms with E-state index in [0.29, 0.717) is 17.1 Å². The van der Waals surface area contributed by atoms with Crippen LogP contribution in [0.2, 0.25) is 0 Å². The maximum atomic E-state index is 13.9. The number of carbonyl (C=O) groups excluding carboxylic acids is 2. The molecule has 2 amide bonds. The van der Waals surface area contributed by atoms with Crippen molar-refractivity contribution in [2.75, 3.05) is 0 Å². The molecule has 0 unspecified atom stereocenters. The summed E-state index contributed by atoms with van der Waals surface area (Å²) in [6.45, 7) is -0.152. The summed E-state index contributed by atoms with van der Waals surface area (Å²) in [5, 5.41) is 10.3. The molecule has 2 heterocycles. The fourth-order valence-corrected chi connectivity index (χ4v) is 3.71. The van der Waals surface area contributed by atoms with Gasteiger partial charge in [-0.3, -0.25) is 24.6 Å². The monoisotopic (exact) mass is 424 g/mol. The Morgan fingerprint density at radius 2 is 1.80 bits per heavy atom. The molecule has 0 spiro atoms. The molecular formula is C21H13FN2O5S. The van der Waals surface area contributed by atoms with Gasteiger partial charge in [-0.25, -0.2) is 4.39 Å². The van der Waals surface area contributed by atoms with Crippen LogP contribution in [0.25, 0.3) is 17.4 Å². The maximum Gasteiger partial charge on any atom is 0.293 e. The van der Waals surface area contributed by atoms with Crippen LogP contribution in [0.1, 0.15) is 11.3 Å². The van der Waals surface area contributed by atoms with Gasteiger partial charge < -0.3 is 4.42 Å². The predicted molar refractivity (Wildman–Crippen MR) is 109 cm³/mol. The van der Waals surface area contributed by atoms with Gasteiger partial charge in [0.15, 0.2) is 0 Å². The number of non-ortho nitro benzene ring substituents is 1. The van der Waals surface area contributed by atoms with E-state index in [4.69, 9.17) is 4.42 Å². The molecule has 4 rings (SSSR count). The van der Waals surface area contributed by atoms with E-state index in [9.17, 15) is 24.1 Å². The van der Waals surface area contributed by atoms with Gasteiger partial charge in [-0.05, 0) is 42.1 Å². The highest BCUT2D eigenvalue weighted by molar-refractivity contribution is 8.18. The van der Waals surface area contributed by atoms with Crippen LogP contribution in [0.4, 0.5) is 14.9 Å². The Labute approximate surface area is 173 Å². The van der Waals surface area contributed by atoms with Crippen molar-refractivity contribution in [3.05, 3.63) is 92.8 Å². The lowest BCUT2D eigenvalue weighted by Crippen LogP contribution is -2.27. The molecule has 3 aromatic rings. The summed E-state index contributed by atoms with van der Waals surface area (Å²) >= 11 is 0.753. The van der Waals surface area contributed by atoms with Crippen molar-refractivity contribution in [2.24, 2.45) is 0 Å². The first-order valence-electron chi connectivity index (χ1n) is 8.76. The number of nitro groups is 1. The van der Waals surface area contributed by atoms with E-state index in [0.717, 1.165) is 16.7 Å². The molecule has 150 valence electrons. The normalized spacial score (nSPS) is 15.2. The molecule has 0 aliphatic carbocycles. The number of halogens is 1. The minimum absolute atomic E-state index is 0.0333. The van der Waals surface area contributed by atoms with E-state index in [-0.39, 0.29) is 22.7 Å². The molecule has 1 fully saturated rings. The molecule has 1 aromatic heterocycles. The third-order valence-electron chi connectivity index (χ3n) is 4.42. The summed E-state index contributed by atoms with van der Waals surface area (Å²) in [7, 11) is 0. The first kappa shape index (κ1) is 19.6. The quantitative estimate of drug-likeness (QED) is 0.316. The molecule has 30 heavy (non-hydrogen) atoms. The van der Waals surface area contributed by atoms with Crippen LogP contribution in [0, 0.1) is 15.9 Å². The Bertz CT molecular complexity index is 1190. The minimum Gasteiger partial charge on any atom is -0.457 e. The van der Waals surface area contributed by atoms with E-state index in [1.54, 1.807) is 30.3 Å². The smallest absolute Gasteiger partial charge is 0.293 e. The summed E-state index contributed by atoms with van der Waals surface area (Å²) in [4.78, 5) is 36.2. The summed E-state index contributed by atoms with van der Waals surface area (Å²) in [5.74, 6) is -0.206. The third kappa shape index (κ3) is 3.87. The highest BCUT2D eigenvalue weighted by Gasteiger charge is 2.35.